The molecule has 132 valence electrons. The third kappa shape index (κ3) is 5.24. The van der Waals surface area contributed by atoms with Crippen LogP contribution in [0.2, 0.25) is 0 Å². The minimum Gasteiger partial charge on any atom is -0.497 e. The molecule has 0 fully saturated rings. The Kier molecular flexibility index (Phi) is 6.39. The van der Waals surface area contributed by atoms with Crippen LogP contribution in [0.4, 0.5) is 5.69 Å². The maximum absolute atomic E-state index is 12.1. The maximum atomic E-state index is 12.1. The van der Waals surface area contributed by atoms with Crippen molar-refractivity contribution in [2.75, 3.05) is 19.5 Å². The quantitative estimate of drug-likeness (QED) is 0.768. The summed E-state index contributed by atoms with van der Waals surface area (Å²) in [6, 6.07) is 12.1. The Hall–Kier alpha value is -3.02. The van der Waals surface area contributed by atoms with Crippen LogP contribution in [0.15, 0.2) is 42.5 Å². The number of hydrogen-bond acceptors (Lipinski definition) is 4. The van der Waals surface area contributed by atoms with E-state index in [9.17, 15) is 9.59 Å². The first-order valence-corrected chi connectivity index (χ1v) is 7.87. The van der Waals surface area contributed by atoms with Crippen LogP contribution in [0.3, 0.4) is 0 Å². The molecule has 0 saturated heterocycles. The Labute approximate surface area is 146 Å². The van der Waals surface area contributed by atoms with Gasteiger partial charge in [-0.2, -0.15) is 0 Å². The van der Waals surface area contributed by atoms with E-state index in [2.05, 4.69) is 5.32 Å². The highest BCUT2D eigenvalue weighted by molar-refractivity contribution is 5.94. The second kappa shape index (κ2) is 8.73. The average molecular weight is 343 g/mol. The van der Waals surface area contributed by atoms with Gasteiger partial charge in [0.15, 0.2) is 0 Å². The van der Waals surface area contributed by atoms with E-state index in [0.717, 1.165) is 17.7 Å². The van der Waals surface area contributed by atoms with Crippen LogP contribution in [-0.4, -0.2) is 31.2 Å². The van der Waals surface area contributed by atoms with Crippen LogP contribution in [0.5, 0.6) is 11.5 Å². The number of methoxy groups -OCH3 is 2. The lowest BCUT2D eigenvalue weighted by Crippen LogP contribution is -2.12. The lowest BCUT2D eigenvalue weighted by molar-refractivity contribution is -0.116. The summed E-state index contributed by atoms with van der Waals surface area (Å²) in [6.07, 6.45) is 1.84. The van der Waals surface area contributed by atoms with Gasteiger partial charge in [-0.15, -0.1) is 0 Å². The molecule has 6 heteroatoms. The Morgan fingerprint density at radius 2 is 1.76 bits per heavy atom. The van der Waals surface area contributed by atoms with Gasteiger partial charge in [0, 0.05) is 6.42 Å². The SMILES string of the molecule is COc1ccc(CCCC(=O)Nc2ccc(C(=O)O)cc2OC)cc1. The fraction of sp³-hybridized carbons (Fsp3) is 0.263. The highest BCUT2D eigenvalue weighted by atomic mass is 16.5. The molecule has 2 aromatic rings. The van der Waals surface area contributed by atoms with Crippen molar-refractivity contribution in [2.45, 2.75) is 19.3 Å². The molecule has 25 heavy (non-hydrogen) atoms. The standard InChI is InChI=1S/C19H21NO5/c1-24-15-9-6-13(7-10-15)4-3-5-18(21)20-16-11-8-14(19(22)23)12-17(16)25-2/h6-12H,3-5H2,1-2H3,(H,20,21)(H,22,23). The number of rotatable bonds is 8. The number of carbonyl (C=O) groups excluding carboxylic acids is 1. The smallest absolute Gasteiger partial charge is 0.335 e. The lowest BCUT2D eigenvalue weighted by Gasteiger charge is -2.11. The predicted octanol–water partition coefficient (Wildman–Crippen LogP) is 3.36. The van der Waals surface area contributed by atoms with E-state index in [1.54, 1.807) is 7.11 Å². The summed E-state index contributed by atoms with van der Waals surface area (Å²) in [5, 5.41) is 11.7. The molecule has 0 aliphatic carbocycles. The summed E-state index contributed by atoms with van der Waals surface area (Å²) in [4.78, 5) is 23.1. The van der Waals surface area contributed by atoms with Gasteiger partial charge in [0.25, 0.3) is 0 Å². The van der Waals surface area contributed by atoms with Gasteiger partial charge >= 0.3 is 5.97 Å². The van der Waals surface area contributed by atoms with Crippen LogP contribution in [0.1, 0.15) is 28.8 Å². The number of carboxylic acids is 1. The zero-order chi connectivity index (χ0) is 18.2. The van der Waals surface area contributed by atoms with Gasteiger partial charge in [-0.25, -0.2) is 4.79 Å². The van der Waals surface area contributed by atoms with Crippen molar-refractivity contribution in [3.05, 3.63) is 53.6 Å². The molecule has 2 aromatic carbocycles. The molecule has 0 atom stereocenters. The van der Waals surface area contributed by atoms with E-state index < -0.39 is 5.97 Å². The molecular formula is C19H21NO5. The minimum atomic E-state index is -1.05. The number of anilines is 1. The summed E-state index contributed by atoms with van der Waals surface area (Å²) in [6.45, 7) is 0. The van der Waals surface area contributed by atoms with E-state index >= 15 is 0 Å². The number of hydrogen-bond donors (Lipinski definition) is 2. The molecule has 0 aliphatic rings. The first-order valence-electron chi connectivity index (χ1n) is 7.87. The van der Waals surface area contributed by atoms with Crippen LogP contribution < -0.4 is 14.8 Å². The van der Waals surface area contributed by atoms with Gasteiger partial charge in [-0.1, -0.05) is 12.1 Å². The Morgan fingerprint density at radius 1 is 1.04 bits per heavy atom. The van der Waals surface area contributed by atoms with E-state index in [-0.39, 0.29) is 11.5 Å². The van der Waals surface area contributed by atoms with E-state index in [1.165, 1.54) is 25.3 Å². The molecule has 0 heterocycles. The average Bonchev–Trinajstić information content (AvgIpc) is 2.62. The second-order valence-electron chi connectivity index (χ2n) is 5.47. The molecule has 0 aromatic heterocycles. The number of ether oxygens (including phenoxy) is 2. The number of amides is 1. The largest absolute Gasteiger partial charge is 0.497 e. The van der Waals surface area contributed by atoms with Crippen LogP contribution in [0.25, 0.3) is 0 Å². The van der Waals surface area contributed by atoms with Crippen molar-refractivity contribution in [1.29, 1.82) is 0 Å². The summed E-state index contributed by atoms with van der Waals surface area (Å²) in [5.74, 6) is -0.0626. The summed E-state index contributed by atoms with van der Waals surface area (Å²) >= 11 is 0. The Bertz CT molecular complexity index is 740. The highest BCUT2D eigenvalue weighted by Gasteiger charge is 2.11. The molecule has 0 radical (unpaired) electrons. The molecule has 0 spiro atoms. The molecule has 0 bridgehead atoms. The molecule has 0 unspecified atom stereocenters. The van der Waals surface area contributed by atoms with Crippen LogP contribution in [0, 0.1) is 0 Å². The van der Waals surface area contributed by atoms with Crippen molar-refractivity contribution in [2.24, 2.45) is 0 Å². The molecule has 0 aliphatic heterocycles. The number of carbonyl (C=O) groups is 2. The van der Waals surface area contributed by atoms with Crippen molar-refractivity contribution in [3.63, 3.8) is 0 Å². The number of carboxylic acid groups (broad SMARTS) is 1. The Balaban J connectivity index is 1.88. The number of aryl methyl sites for hydroxylation is 1. The first-order chi connectivity index (χ1) is 12.0. The normalized spacial score (nSPS) is 10.2. The fourth-order valence-corrected chi connectivity index (χ4v) is 2.39. The second-order valence-corrected chi connectivity index (χ2v) is 5.47. The first kappa shape index (κ1) is 18.3. The van der Waals surface area contributed by atoms with E-state index in [4.69, 9.17) is 14.6 Å². The summed E-state index contributed by atoms with van der Waals surface area (Å²) < 4.78 is 10.3. The lowest BCUT2D eigenvalue weighted by atomic mass is 10.1. The molecule has 2 N–H and O–H groups in total. The van der Waals surface area contributed by atoms with Crippen LogP contribution >= 0.6 is 0 Å². The Morgan fingerprint density at radius 3 is 2.36 bits per heavy atom. The topological polar surface area (TPSA) is 84.9 Å². The third-order valence-corrected chi connectivity index (χ3v) is 3.75. The monoisotopic (exact) mass is 343 g/mol. The zero-order valence-corrected chi connectivity index (χ0v) is 14.2. The number of nitrogens with one attached hydrogen (secondary N) is 1. The third-order valence-electron chi connectivity index (χ3n) is 3.75. The molecule has 0 saturated carbocycles. The number of benzene rings is 2. The van der Waals surface area contributed by atoms with Gasteiger partial charge in [0.2, 0.25) is 5.91 Å². The van der Waals surface area contributed by atoms with Crippen molar-refractivity contribution >= 4 is 17.6 Å². The van der Waals surface area contributed by atoms with Gasteiger partial charge in [0.1, 0.15) is 11.5 Å². The molecule has 1 amide bonds. The summed E-state index contributed by atoms with van der Waals surface area (Å²) in [5.41, 5.74) is 1.70. The zero-order valence-electron chi connectivity index (χ0n) is 14.2. The molecule has 2 rings (SSSR count). The van der Waals surface area contributed by atoms with Gasteiger partial charge in [0.05, 0.1) is 25.5 Å². The predicted molar refractivity (Wildman–Crippen MR) is 94.5 cm³/mol. The highest BCUT2D eigenvalue weighted by Crippen LogP contribution is 2.26. The van der Waals surface area contributed by atoms with Gasteiger partial charge in [-0.05, 0) is 48.7 Å². The molecule has 6 nitrogen and oxygen atoms in total. The van der Waals surface area contributed by atoms with E-state index in [1.807, 2.05) is 24.3 Å². The number of aromatic carboxylic acids is 1. The van der Waals surface area contributed by atoms with Crippen molar-refractivity contribution < 1.29 is 24.2 Å². The van der Waals surface area contributed by atoms with Gasteiger partial charge in [-0.3, -0.25) is 4.79 Å². The summed E-state index contributed by atoms with van der Waals surface area (Å²) in [7, 11) is 3.05. The van der Waals surface area contributed by atoms with Gasteiger partial charge < -0.3 is 19.9 Å². The van der Waals surface area contributed by atoms with Crippen molar-refractivity contribution in [1.82, 2.24) is 0 Å². The molecular weight excluding hydrogens is 322 g/mol. The van der Waals surface area contributed by atoms with E-state index in [0.29, 0.717) is 24.3 Å². The maximum Gasteiger partial charge on any atom is 0.335 e. The fourth-order valence-electron chi connectivity index (χ4n) is 2.39. The minimum absolute atomic E-state index is 0.106. The van der Waals surface area contributed by atoms with Crippen molar-refractivity contribution in [3.8, 4) is 11.5 Å². The van der Waals surface area contributed by atoms with Crippen LogP contribution in [-0.2, 0) is 11.2 Å².